The van der Waals surface area contributed by atoms with Crippen LogP contribution < -0.4 is 0 Å². The van der Waals surface area contributed by atoms with Crippen LogP contribution in [-0.2, 0) is 13.0 Å². The summed E-state index contributed by atoms with van der Waals surface area (Å²) in [6, 6.07) is 0. The second kappa shape index (κ2) is 7.01. The number of aliphatic hydroxyl groups is 1. The van der Waals surface area contributed by atoms with Crippen molar-refractivity contribution in [1.82, 2.24) is 19.7 Å². The predicted molar refractivity (Wildman–Crippen MR) is 77.0 cm³/mol. The molecule has 0 aromatic carbocycles. The second-order valence-corrected chi connectivity index (χ2v) is 5.09. The molecule has 1 N–H and O–H groups in total. The number of nitrogens with zero attached hydrogens (tertiary/aromatic N) is 4. The second-order valence-electron chi connectivity index (χ2n) is 5.09. The fourth-order valence-corrected chi connectivity index (χ4v) is 2.72. The average molecular weight is 268 g/mol. The van der Waals surface area contributed by atoms with E-state index >= 15 is 0 Å². The summed E-state index contributed by atoms with van der Waals surface area (Å²) in [5.74, 6) is 0.863. The highest BCUT2D eigenvalue weighted by Crippen LogP contribution is 2.25. The van der Waals surface area contributed by atoms with Gasteiger partial charge in [-0.2, -0.15) is 5.10 Å². The maximum Gasteiger partial charge on any atom is 0.138 e. The van der Waals surface area contributed by atoms with E-state index in [2.05, 4.69) is 42.7 Å². The van der Waals surface area contributed by atoms with Gasteiger partial charge in [-0.15, -0.1) is 0 Å². The molecule has 19 heavy (non-hydrogen) atoms. The molecule has 2 unspecified atom stereocenters. The van der Waals surface area contributed by atoms with Crippen molar-refractivity contribution in [3.8, 4) is 0 Å². The maximum atomic E-state index is 10.7. The van der Waals surface area contributed by atoms with Gasteiger partial charge in [0.05, 0.1) is 6.10 Å². The fraction of sp³-hybridized carbons (Fsp3) is 0.857. The van der Waals surface area contributed by atoms with E-state index in [0.29, 0.717) is 6.42 Å². The van der Waals surface area contributed by atoms with E-state index in [1.807, 2.05) is 11.6 Å². The Morgan fingerprint density at radius 1 is 1.32 bits per heavy atom. The molecular formula is C14H28N4O. The Kier molecular flexibility index (Phi) is 5.94. The largest absolute Gasteiger partial charge is 0.391 e. The Balaban J connectivity index is 2.87. The molecule has 110 valence electrons. The first-order valence-corrected chi connectivity index (χ1v) is 7.33. The molecule has 5 nitrogen and oxygen atoms in total. The van der Waals surface area contributed by atoms with Gasteiger partial charge in [-0.1, -0.05) is 20.8 Å². The zero-order chi connectivity index (χ0) is 14.5. The van der Waals surface area contributed by atoms with Crippen molar-refractivity contribution < 1.29 is 5.11 Å². The molecule has 0 aliphatic carbocycles. The highest BCUT2D eigenvalue weighted by atomic mass is 16.3. The summed E-state index contributed by atoms with van der Waals surface area (Å²) in [7, 11) is 0. The normalized spacial score (nSPS) is 16.6. The third kappa shape index (κ3) is 3.34. The summed E-state index contributed by atoms with van der Waals surface area (Å²) in [5.41, 5.74) is -0.214. The number of aliphatic hydroxyl groups excluding tert-OH is 1. The Morgan fingerprint density at radius 2 is 1.95 bits per heavy atom. The summed E-state index contributed by atoms with van der Waals surface area (Å²) in [4.78, 5) is 6.58. The lowest BCUT2D eigenvalue weighted by Gasteiger charge is -2.43. The van der Waals surface area contributed by atoms with E-state index in [1.54, 1.807) is 6.33 Å². The highest BCUT2D eigenvalue weighted by Gasteiger charge is 2.36. The van der Waals surface area contributed by atoms with E-state index in [-0.39, 0.29) is 5.54 Å². The summed E-state index contributed by atoms with van der Waals surface area (Å²) < 4.78 is 1.85. The average Bonchev–Trinajstić information content (AvgIpc) is 2.86. The molecule has 0 aliphatic rings. The first-order chi connectivity index (χ1) is 9.03. The predicted octanol–water partition coefficient (Wildman–Crippen LogP) is 1.71. The number of rotatable bonds is 8. The molecule has 0 saturated heterocycles. The van der Waals surface area contributed by atoms with Gasteiger partial charge in [-0.25, -0.2) is 4.98 Å². The summed E-state index contributed by atoms with van der Waals surface area (Å²) in [6.07, 6.45) is 2.59. The molecule has 0 spiro atoms. The van der Waals surface area contributed by atoms with Crippen LogP contribution in [0.5, 0.6) is 0 Å². The van der Waals surface area contributed by atoms with Crippen molar-refractivity contribution in [3.05, 3.63) is 12.2 Å². The standard InChI is InChI=1S/C14H28N4O/c1-6-14(5,17(7-2)8-3)12(19)10-13-15-11-16-18(13)9-4/h11-12,19H,6-10H2,1-5H3. The van der Waals surface area contributed by atoms with Crippen LogP contribution >= 0.6 is 0 Å². The lowest BCUT2D eigenvalue weighted by Crippen LogP contribution is -2.55. The van der Waals surface area contributed by atoms with Gasteiger partial charge in [0.25, 0.3) is 0 Å². The van der Waals surface area contributed by atoms with Gasteiger partial charge in [-0.05, 0) is 33.4 Å². The first-order valence-electron chi connectivity index (χ1n) is 7.33. The van der Waals surface area contributed by atoms with Crippen LogP contribution in [0.2, 0.25) is 0 Å². The van der Waals surface area contributed by atoms with E-state index in [0.717, 1.165) is 31.9 Å². The summed E-state index contributed by atoms with van der Waals surface area (Å²) in [5, 5.41) is 14.8. The highest BCUT2D eigenvalue weighted by molar-refractivity contribution is 4.98. The van der Waals surface area contributed by atoms with Crippen molar-refractivity contribution in [1.29, 1.82) is 0 Å². The zero-order valence-electron chi connectivity index (χ0n) is 12.9. The molecule has 1 rings (SSSR count). The first kappa shape index (κ1) is 16.1. The SMILES string of the molecule is CCN(CC)C(C)(CC)C(O)Cc1ncnn1CC. The van der Waals surface area contributed by atoms with Gasteiger partial charge >= 0.3 is 0 Å². The number of hydrogen-bond donors (Lipinski definition) is 1. The van der Waals surface area contributed by atoms with Crippen LogP contribution in [0.4, 0.5) is 0 Å². The lowest BCUT2D eigenvalue weighted by atomic mass is 9.87. The van der Waals surface area contributed by atoms with Gasteiger partial charge in [0.1, 0.15) is 12.2 Å². The summed E-state index contributed by atoms with van der Waals surface area (Å²) >= 11 is 0. The molecule has 0 fully saturated rings. The third-order valence-electron chi connectivity index (χ3n) is 4.29. The Hall–Kier alpha value is -0.940. The van der Waals surface area contributed by atoms with E-state index in [4.69, 9.17) is 0 Å². The molecule has 5 heteroatoms. The Bertz CT molecular complexity index is 375. The summed E-state index contributed by atoms with van der Waals surface area (Å²) in [6.45, 7) is 13.3. The van der Waals surface area contributed by atoms with Crippen LogP contribution in [0, 0.1) is 0 Å². The van der Waals surface area contributed by atoms with Crippen molar-refractivity contribution in [2.24, 2.45) is 0 Å². The quantitative estimate of drug-likeness (QED) is 0.780. The Labute approximate surface area is 116 Å². The maximum absolute atomic E-state index is 10.7. The van der Waals surface area contributed by atoms with Crippen LogP contribution in [0.1, 0.15) is 46.9 Å². The minimum atomic E-state index is -0.438. The van der Waals surface area contributed by atoms with Gasteiger partial charge in [0.15, 0.2) is 0 Å². The monoisotopic (exact) mass is 268 g/mol. The molecule has 1 heterocycles. The van der Waals surface area contributed by atoms with Crippen molar-refractivity contribution >= 4 is 0 Å². The van der Waals surface area contributed by atoms with Gasteiger partial charge < -0.3 is 5.11 Å². The lowest BCUT2D eigenvalue weighted by molar-refractivity contribution is -0.0204. The zero-order valence-corrected chi connectivity index (χ0v) is 12.9. The molecule has 0 aliphatic heterocycles. The molecule has 1 aromatic heterocycles. The molecule has 2 atom stereocenters. The van der Waals surface area contributed by atoms with Gasteiger partial charge in [0.2, 0.25) is 0 Å². The molecule has 0 radical (unpaired) electrons. The van der Waals surface area contributed by atoms with Crippen LogP contribution in [0.3, 0.4) is 0 Å². The number of likely N-dealkylation sites (N-methyl/N-ethyl adjacent to an activating group) is 1. The number of aromatic nitrogens is 3. The molecule has 0 bridgehead atoms. The minimum Gasteiger partial charge on any atom is -0.391 e. The molecule has 0 amide bonds. The van der Waals surface area contributed by atoms with Crippen molar-refractivity contribution in [2.75, 3.05) is 13.1 Å². The van der Waals surface area contributed by atoms with Gasteiger partial charge in [0, 0.05) is 18.5 Å². The van der Waals surface area contributed by atoms with Crippen LogP contribution in [-0.4, -0.2) is 49.5 Å². The van der Waals surface area contributed by atoms with Crippen molar-refractivity contribution in [2.45, 2.75) is 65.6 Å². The van der Waals surface area contributed by atoms with Gasteiger partial charge in [-0.3, -0.25) is 9.58 Å². The molecular weight excluding hydrogens is 240 g/mol. The molecule has 1 aromatic rings. The number of hydrogen-bond acceptors (Lipinski definition) is 4. The third-order valence-corrected chi connectivity index (χ3v) is 4.29. The topological polar surface area (TPSA) is 54.2 Å². The van der Waals surface area contributed by atoms with Crippen LogP contribution in [0.25, 0.3) is 0 Å². The van der Waals surface area contributed by atoms with Crippen LogP contribution in [0.15, 0.2) is 6.33 Å². The number of aryl methyl sites for hydroxylation is 1. The molecule has 0 saturated carbocycles. The van der Waals surface area contributed by atoms with E-state index < -0.39 is 6.10 Å². The van der Waals surface area contributed by atoms with E-state index in [1.165, 1.54) is 0 Å². The van der Waals surface area contributed by atoms with E-state index in [9.17, 15) is 5.11 Å². The minimum absolute atomic E-state index is 0.214. The Morgan fingerprint density at radius 3 is 2.42 bits per heavy atom. The fourth-order valence-electron chi connectivity index (χ4n) is 2.72. The van der Waals surface area contributed by atoms with Crippen molar-refractivity contribution in [3.63, 3.8) is 0 Å². The smallest absolute Gasteiger partial charge is 0.138 e.